The number of benzene rings is 1. The van der Waals surface area contributed by atoms with Gasteiger partial charge in [0.25, 0.3) is 0 Å². The molecule has 2 aromatic rings. The molecule has 2 rings (SSSR count). The van der Waals surface area contributed by atoms with Gasteiger partial charge in [0.1, 0.15) is 5.75 Å². The number of carbonyl (C=O) groups is 2. The summed E-state index contributed by atoms with van der Waals surface area (Å²) in [5, 5.41) is 0. The Hall–Kier alpha value is -3.02. The first-order valence-corrected chi connectivity index (χ1v) is 7.90. The van der Waals surface area contributed by atoms with Gasteiger partial charge in [-0.1, -0.05) is 18.2 Å². The maximum atomic E-state index is 12.5. The molecular formula is C19H20N2O4. The van der Waals surface area contributed by atoms with Crippen LogP contribution in [0.5, 0.6) is 5.75 Å². The first kappa shape index (κ1) is 18.3. The molecular weight excluding hydrogens is 320 g/mol. The van der Waals surface area contributed by atoms with Gasteiger partial charge in [-0.05, 0) is 39.8 Å². The van der Waals surface area contributed by atoms with Gasteiger partial charge in [-0.15, -0.1) is 0 Å². The summed E-state index contributed by atoms with van der Waals surface area (Å²) in [6.45, 7) is 7.36. The molecule has 0 radical (unpaired) electrons. The lowest BCUT2D eigenvalue weighted by Crippen LogP contribution is -2.15. The van der Waals surface area contributed by atoms with Crippen molar-refractivity contribution in [2.45, 2.75) is 27.7 Å². The van der Waals surface area contributed by atoms with Gasteiger partial charge in [-0.3, -0.25) is 4.98 Å². The number of aromatic nitrogens is 2. The number of hydrogen-bond donors (Lipinski definition) is 0. The maximum Gasteiger partial charge on any atom is 0.364 e. The Bertz CT molecular complexity index is 828. The summed E-state index contributed by atoms with van der Waals surface area (Å²) in [7, 11) is 0. The van der Waals surface area contributed by atoms with E-state index >= 15 is 0 Å². The highest BCUT2D eigenvalue weighted by molar-refractivity contribution is 5.91. The minimum atomic E-state index is -0.593. The van der Waals surface area contributed by atoms with Crippen molar-refractivity contribution in [1.82, 2.24) is 9.97 Å². The molecule has 0 spiro atoms. The van der Waals surface area contributed by atoms with Crippen LogP contribution < -0.4 is 4.74 Å². The average Bonchev–Trinajstić information content (AvgIpc) is 2.57. The quantitative estimate of drug-likeness (QED) is 0.472. The van der Waals surface area contributed by atoms with Crippen molar-refractivity contribution in [2.75, 3.05) is 6.61 Å². The zero-order chi connectivity index (χ0) is 18.4. The van der Waals surface area contributed by atoms with E-state index in [0.717, 1.165) is 5.69 Å². The van der Waals surface area contributed by atoms with E-state index < -0.39 is 11.9 Å². The second-order valence-electron chi connectivity index (χ2n) is 5.34. The molecule has 25 heavy (non-hydrogen) atoms. The van der Waals surface area contributed by atoms with Crippen LogP contribution in [0.4, 0.5) is 0 Å². The fourth-order valence-electron chi connectivity index (χ4n) is 2.12. The van der Waals surface area contributed by atoms with Crippen LogP contribution in [0.3, 0.4) is 0 Å². The molecule has 6 heteroatoms. The van der Waals surface area contributed by atoms with Crippen molar-refractivity contribution in [2.24, 2.45) is 0 Å². The van der Waals surface area contributed by atoms with E-state index in [9.17, 15) is 9.59 Å². The molecule has 0 saturated carbocycles. The molecule has 0 aliphatic rings. The Kier molecular flexibility index (Phi) is 6.00. The SMILES string of the molecule is CCOC(=O)/C=C/c1ccccc1OC(=O)c1nc(C)c(C)nc1C. The normalized spacial score (nSPS) is 10.7. The van der Waals surface area contributed by atoms with Crippen LogP contribution >= 0.6 is 0 Å². The number of nitrogens with zero attached hydrogens (tertiary/aromatic N) is 2. The third kappa shape index (κ3) is 4.73. The largest absolute Gasteiger partial charge is 0.463 e. The summed E-state index contributed by atoms with van der Waals surface area (Å²) in [5.41, 5.74) is 2.71. The molecule has 0 N–H and O–H groups in total. The van der Waals surface area contributed by atoms with Crippen molar-refractivity contribution in [1.29, 1.82) is 0 Å². The van der Waals surface area contributed by atoms with E-state index in [-0.39, 0.29) is 5.69 Å². The van der Waals surface area contributed by atoms with Gasteiger partial charge in [0, 0.05) is 11.6 Å². The van der Waals surface area contributed by atoms with Gasteiger partial charge >= 0.3 is 11.9 Å². The van der Waals surface area contributed by atoms with Crippen LogP contribution in [0, 0.1) is 20.8 Å². The number of carbonyl (C=O) groups excluding carboxylic acids is 2. The van der Waals surface area contributed by atoms with E-state index in [1.54, 1.807) is 51.1 Å². The lowest BCUT2D eigenvalue weighted by Gasteiger charge is -2.09. The van der Waals surface area contributed by atoms with E-state index in [1.165, 1.54) is 6.08 Å². The summed E-state index contributed by atoms with van der Waals surface area (Å²) >= 11 is 0. The Morgan fingerprint density at radius 1 is 1.04 bits per heavy atom. The average molecular weight is 340 g/mol. The third-order valence-electron chi connectivity index (χ3n) is 3.48. The van der Waals surface area contributed by atoms with Crippen molar-refractivity contribution >= 4 is 18.0 Å². The van der Waals surface area contributed by atoms with Crippen LogP contribution in [-0.2, 0) is 9.53 Å². The summed E-state index contributed by atoms with van der Waals surface area (Å²) in [6, 6.07) is 6.90. The highest BCUT2D eigenvalue weighted by Gasteiger charge is 2.17. The first-order chi connectivity index (χ1) is 11.9. The summed E-state index contributed by atoms with van der Waals surface area (Å²) in [6.07, 6.45) is 2.83. The molecule has 0 unspecified atom stereocenters. The van der Waals surface area contributed by atoms with Gasteiger partial charge < -0.3 is 9.47 Å². The molecule has 0 aliphatic heterocycles. The molecule has 6 nitrogen and oxygen atoms in total. The van der Waals surface area contributed by atoms with E-state index in [1.807, 2.05) is 6.92 Å². The Balaban J connectivity index is 2.25. The minimum absolute atomic E-state index is 0.173. The highest BCUT2D eigenvalue weighted by atomic mass is 16.5. The van der Waals surface area contributed by atoms with Gasteiger partial charge in [-0.2, -0.15) is 0 Å². The fourth-order valence-corrected chi connectivity index (χ4v) is 2.12. The molecule has 0 saturated heterocycles. The Morgan fingerprint density at radius 2 is 1.72 bits per heavy atom. The zero-order valence-corrected chi connectivity index (χ0v) is 14.7. The lowest BCUT2D eigenvalue weighted by molar-refractivity contribution is -0.137. The van der Waals surface area contributed by atoms with Gasteiger partial charge in [-0.25, -0.2) is 14.6 Å². The number of hydrogen-bond acceptors (Lipinski definition) is 6. The number of para-hydroxylation sites is 1. The van der Waals surface area contributed by atoms with Crippen molar-refractivity contribution in [3.05, 3.63) is 58.7 Å². The van der Waals surface area contributed by atoms with Gasteiger partial charge in [0.2, 0.25) is 0 Å². The molecule has 0 fully saturated rings. The number of esters is 2. The number of aryl methyl sites for hydroxylation is 3. The topological polar surface area (TPSA) is 78.4 Å². The molecule has 1 heterocycles. The van der Waals surface area contributed by atoms with E-state index in [4.69, 9.17) is 9.47 Å². The summed E-state index contributed by atoms with van der Waals surface area (Å²) < 4.78 is 10.3. The molecule has 130 valence electrons. The summed E-state index contributed by atoms with van der Waals surface area (Å²) in [5.74, 6) is -0.725. The van der Waals surface area contributed by atoms with Crippen LogP contribution in [0.1, 0.15) is 40.1 Å². The molecule has 0 aliphatic carbocycles. The van der Waals surface area contributed by atoms with Gasteiger partial charge in [0.05, 0.1) is 23.7 Å². The van der Waals surface area contributed by atoms with Crippen molar-refractivity contribution in [3.63, 3.8) is 0 Å². The zero-order valence-electron chi connectivity index (χ0n) is 14.7. The second kappa shape index (κ2) is 8.19. The first-order valence-electron chi connectivity index (χ1n) is 7.90. The van der Waals surface area contributed by atoms with E-state index in [2.05, 4.69) is 9.97 Å². The second-order valence-corrected chi connectivity index (χ2v) is 5.34. The molecule has 0 atom stereocenters. The smallest absolute Gasteiger partial charge is 0.364 e. The Labute approximate surface area is 146 Å². The molecule has 1 aromatic carbocycles. The summed E-state index contributed by atoms with van der Waals surface area (Å²) in [4.78, 5) is 32.5. The van der Waals surface area contributed by atoms with Gasteiger partial charge in [0.15, 0.2) is 5.69 Å². The van der Waals surface area contributed by atoms with Crippen LogP contribution in [0.15, 0.2) is 30.3 Å². The highest BCUT2D eigenvalue weighted by Crippen LogP contribution is 2.21. The molecule has 0 amide bonds. The fraction of sp³-hybridized carbons (Fsp3) is 0.263. The van der Waals surface area contributed by atoms with Crippen LogP contribution in [0.25, 0.3) is 6.08 Å². The number of ether oxygens (including phenoxy) is 2. The van der Waals surface area contributed by atoms with Crippen molar-refractivity contribution < 1.29 is 19.1 Å². The number of rotatable bonds is 5. The molecule has 1 aromatic heterocycles. The third-order valence-corrected chi connectivity index (χ3v) is 3.48. The molecule has 0 bridgehead atoms. The van der Waals surface area contributed by atoms with E-state index in [0.29, 0.717) is 29.3 Å². The predicted molar refractivity (Wildman–Crippen MR) is 93.3 cm³/mol. The van der Waals surface area contributed by atoms with Crippen LogP contribution in [-0.4, -0.2) is 28.5 Å². The Morgan fingerprint density at radius 3 is 2.44 bits per heavy atom. The monoisotopic (exact) mass is 340 g/mol. The standard InChI is InChI=1S/C19H20N2O4/c1-5-24-17(22)11-10-15-8-6-7-9-16(15)25-19(23)18-14(4)20-12(2)13(3)21-18/h6-11H,5H2,1-4H3/b11-10+. The predicted octanol–water partition coefficient (Wildman–Crippen LogP) is 3.20. The van der Waals surface area contributed by atoms with Crippen LogP contribution in [0.2, 0.25) is 0 Å². The minimum Gasteiger partial charge on any atom is -0.463 e. The lowest BCUT2D eigenvalue weighted by atomic mass is 10.2. The maximum absolute atomic E-state index is 12.5. The van der Waals surface area contributed by atoms with Crippen molar-refractivity contribution in [3.8, 4) is 5.75 Å².